The Morgan fingerprint density at radius 2 is 1.61 bits per heavy atom. The summed E-state index contributed by atoms with van der Waals surface area (Å²) in [6, 6.07) is 20.3. The maximum Gasteiger partial charge on any atom is 3.00 e. The first-order valence-corrected chi connectivity index (χ1v) is 7.59. The van der Waals surface area contributed by atoms with Crippen LogP contribution >= 0.6 is 0 Å². The second-order valence-corrected chi connectivity index (χ2v) is 5.47. The van der Waals surface area contributed by atoms with Gasteiger partial charge in [0.1, 0.15) is 0 Å². The largest absolute Gasteiger partial charge is 3.00 e. The molecule has 3 rings (SSSR count). The molecule has 0 aliphatic heterocycles. The minimum Gasteiger partial charge on any atom is -1.00 e. The van der Waals surface area contributed by atoms with Crippen LogP contribution in [0.25, 0.3) is 21.9 Å². The first-order valence-electron chi connectivity index (χ1n) is 7.59. The molecular weight excluding hydrogens is 402 g/mol. The van der Waals surface area contributed by atoms with Gasteiger partial charge < -0.3 is 24.8 Å². The third kappa shape index (κ3) is 4.99. The number of hydrogen-bond donors (Lipinski definition) is 0. The second-order valence-electron chi connectivity index (χ2n) is 5.47. The first-order chi connectivity index (χ1) is 9.81. The van der Waals surface area contributed by atoms with E-state index >= 15 is 0 Å². The molecule has 0 unspecified atom stereocenters. The molecule has 0 saturated carbocycles. The topological polar surface area (TPSA) is 0 Å². The molecule has 1 radical (unpaired) electrons. The van der Waals surface area contributed by atoms with E-state index in [1.165, 1.54) is 45.9 Å². The molecule has 0 heterocycles. The Balaban J connectivity index is 0.00000161. The normalized spacial score (nSPS) is 9.65. The third-order valence-electron chi connectivity index (χ3n) is 4.02. The molecule has 23 heavy (non-hydrogen) atoms. The van der Waals surface area contributed by atoms with Crippen molar-refractivity contribution in [3.8, 4) is 11.1 Å². The molecule has 0 amide bonds. The molecule has 0 fully saturated rings. The minimum absolute atomic E-state index is 0. The summed E-state index contributed by atoms with van der Waals surface area (Å²) in [6.07, 6.45) is 3.47. The van der Waals surface area contributed by atoms with Gasteiger partial charge in [0.25, 0.3) is 0 Å². The summed E-state index contributed by atoms with van der Waals surface area (Å²) >= 11 is 0. The number of rotatable bonds is 4. The molecule has 0 spiro atoms. The summed E-state index contributed by atoms with van der Waals surface area (Å²) in [6.45, 7) is 4.44. The van der Waals surface area contributed by atoms with E-state index in [9.17, 15) is 0 Å². The van der Waals surface area contributed by atoms with Crippen LogP contribution in [-0.4, -0.2) is 0 Å². The minimum atomic E-state index is 0. The summed E-state index contributed by atoms with van der Waals surface area (Å²) in [5.74, 6) is 0. The van der Waals surface area contributed by atoms with Crippen LogP contribution in [0.3, 0.4) is 0 Å². The summed E-state index contributed by atoms with van der Waals surface area (Å²) in [5.41, 5.74) is 5.53. The van der Waals surface area contributed by atoms with Crippen LogP contribution in [0.2, 0.25) is 0 Å². The van der Waals surface area contributed by atoms with Gasteiger partial charge >= 0.3 is 26.2 Å². The van der Waals surface area contributed by atoms with E-state index < -0.39 is 0 Å². The van der Waals surface area contributed by atoms with Crippen LogP contribution in [0.15, 0.2) is 54.6 Å². The van der Waals surface area contributed by atoms with E-state index in [1.807, 2.05) is 0 Å². The standard InChI is InChI=1S/C20H21.2ClH.Zr/c1-3-6-16-13-18-7-5-8-19(20(18)14-16)17-11-9-15(4-2)10-12-17;;;/h5,7-14H,3-4,6H2,1-2H3;2*1H;/q-1;;;+3/p-2. The monoisotopic (exact) mass is 421 g/mol. The van der Waals surface area contributed by atoms with Gasteiger partial charge in [-0.05, 0) is 24.0 Å². The van der Waals surface area contributed by atoms with Crippen molar-refractivity contribution in [3.63, 3.8) is 0 Å². The van der Waals surface area contributed by atoms with Crippen molar-refractivity contribution in [2.45, 2.75) is 33.1 Å². The second kappa shape index (κ2) is 10.4. The fourth-order valence-corrected chi connectivity index (χ4v) is 2.90. The zero-order valence-electron chi connectivity index (χ0n) is 13.6. The Morgan fingerprint density at radius 3 is 2.22 bits per heavy atom. The third-order valence-corrected chi connectivity index (χ3v) is 4.02. The Hall–Kier alpha value is -0.487. The maximum atomic E-state index is 2.36. The van der Waals surface area contributed by atoms with Gasteiger partial charge in [0.15, 0.2) is 0 Å². The molecule has 0 atom stereocenters. The number of halogens is 2. The van der Waals surface area contributed by atoms with Crippen molar-refractivity contribution in [2.75, 3.05) is 0 Å². The molecule has 0 aliphatic carbocycles. The quantitative estimate of drug-likeness (QED) is 0.508. The zero-order chi connectivity index (χ0) is 13.9. The summed E-state index contributed by atoms with van der Waals surface area (Å²) < 4.78 is 0. The van der Waals surface area contributed by atoms with E-state index in [0.29, 0.717) is 0 Å². The molecule has 3 aromatic rings. The van der Waals surface area contributed by atoms with Crippen molar-refractivity contribution in [1.82, 2.24) is 0 Å². The molecular formula is C20H21Cl2Zr. The van der Waals surface area contributed by atoms with Gasteiger partial charge in [-0.15, -0.1) is 34.5 Å². The van der Waals surface area contributed by atoms with Crippen LogP contribution in [0.1, 0.15) is 31.4 Å². The molecule has 0 N–H and O–H groups in total. The zero-order valence-corrected chi connectivity index (χ0v) is 17.5. The number of benzene rings is 2. The van der Waals surface area contributed by atoms with Gasteiger partial charge in [-0.25, -0.2) is 0 Å². The van der Waals surface area contributed by atoms with Gasteiger partial charge in [-0.2, -0.15) is 6.07 Å². The average molecular weight is 424 g/mol. The molecule has 119 valence electrons. The molecule has 0 bridgehead atoms. The smallest absolute Gasteiger partial charge is 1.00 e. The van der Waals surface area contributed by atoms with Gasteiger partial charge in [0, 0.05) is 0 Å². The van der Waals surface area contributed by atoms with Crippen molar-refractivity contribution < 1.29 is 51.0 Å². The molecule has 0 nitrogen and oxygen atoms in total. The van der Waals surface area contributed by atoms with E-state index in [1.54, 1.807) is 0 Å². The molecule has 3 aromatic carbocycles. The van der Waals surface area contributed by atoms with Gasteiger partial charge in [0.05, 0.1) is 0 Å². The Morgan fingerprint density at radius 1 is 0.913 bits per heavy atom. The number of aryl methyl sites for hydroxylation is 2. The SMILES string of the molecule is CCCc1cc2c(-c3ccc(CC)cc3)cccc2[cH-]1.[Cl-].[Cl-].[Zr+3]. The fourth-order valence-electron chi connectivity index (χ4n) is 2.90. The van der Waals surface area contributed by atoms with Crippen molar-refractivity contribution in [1.29, 1.82) is 0 Å². The van der Waals surface area contributed by atoms with Crippen LogP contribution in [0, 0.1) is 0 Å². The predicted octanol–water partition coefficient (Wildman–Crippen LogP) is -0.254. The van der Waals surface area contributed by atoms with Crippen LogP contribution in [-0.2, 0) is 39.0 Å². The first kappa shape index (κ1) is 22.5. The predicted molar refractivity (Wildman–Crippen MR) is 88.4 cm³/mol. The number of hydrogen-bond acceptors (Lipinski definition) is 0. The average Bonchev–Trinajstić information content (AvgIpc) is 2.90. The Kier molecular flexibility index (Phi) is 10.2. The molecule has 0 saturated heterocycles. The molecule has 3 heteroatoms. The van der Waals surface area contributed by atoms with Crippen molar-refractivity contribution in [2.24, 2.45) is 0 Å². The summed E-state index contributed by atoms with van der Waals surface area (Å²) in [7, 11) is 0. The maximum absolute atomic E-state index is 2.36. The molecule has 0 aliphatic rings. The van der Waals surface area contributed by atoms with Crippen LogP contribution < -0.4 is 24.8 Å². The number of fused-ring (bicyclic) bond motifs is 1. The van der Waals surface area contributed by atoms with E-state index in [0.717, 1.165) is 6.42 Å². The van der Waals surface area contributed by atoms with Crippen molar-refractivity contribution in [3.05, 3.63) is 65.7 Å². The Bertz CT molecular complexity index is 714. The van der Waals surface area contributed by atoms with Gasteiger partial charge in [-0.3, -0.25) is 0 Å². The van der Waals surface area contributed by atoms with Gasteiger partial charge in [-0.1, -0.05) is 56.2 Å². The van der Waals surface area contributed by atoms with E-state index in [-0.39, 0.29) is 51.0 Å². The van der Waals surface area contributed by atoms with Crippen molar-refractivity contribution >= 4 is 10.8 Å². The van der Waals surface area contributed by atoms with E-state index in [4.69, 9.17) is 0 Å². The molecule has 0 aromatic heterocycles. The summed E-state index contributed by atoms with van der Waals surface area (Å²) in [4.78, 5) is 0. The fraction of sp³-hybridized carbons (Fsp3) is 0.250. The van der Waals surface area contributed by atoms with Gasteiger partial charge in [0.2, 0.25) is 0 Å². The van der Waals surface area contributed by atoms with Crippen LogP contribution in [0.5, 0.6) is 0 Å². The van der Waals surface area contributed by atoms with E-state index in [2.05, 4.69) is 68.4 Å². The Labute approximate surface area is 171 Å². The summed E-state index contributed by atoms with van der Waals surface area (Å²) in [5, 5.41) is 2.76. The van der Waals surface area contributed by atoms with Crippen LogP contribution in [0.4, 0.5) is 0 Å².